The minimum Gasteiger partial charge on any atom is -0.356 e. The highest BCUT2D eigenvalue weighted by molar-refractivity contribution is 6.31. The maximum Gasteiger partial charge on any atom is 0.236 e. The Kier molecular flexibility index (Phi) is 4.88. The van der Waals surface area contributed by atoms with E-state index in [1.54, 1.807) is 12.1 Å². The van der Waals surface area contributed by atoms with Gasteiger partial charge in [0.1, 0.15) is 0 Å². The molecule has 1 spiro atoms. The van der Waals surface area contributed by atoms with Crippen LogP contribution in [0.4, 0.5) is 5.69 Å². The van der Waals surface area contributed by atoms with E-state index in [2.05, 4.69) is 24.5 Å². The van der Waals surface area contributed by atoms with E-state index in [0.29, 0.717) is 16.6 Å². The third-order valence-electron chi connectivity index (χ3n) is 6.15. The number of hydrogen-bond acceptors (Lipinski definition) is 2. The summed E-state index contributed by atoms with van der Waals surface area (Å²) in [5.74, 6) is -0.367. The topological polar surface area (TPSA) is 58.2 Å². The van der Waals surface area contributed by atoms with Gasteiger partial charge in [0.05, 0.1) is 5.41 Å². The average molecular weight is 417 g/mol. The van der Waals surface area contributed by atoms with Crippen molar-refractivity contribution in [1.82, 2.24) is 5.32 Å². The van der Waals surface area contributed by atoms with Gasteiger partial charge in [-0.1, -0.05) is 55.2 Å². The summed E-state index contributed by atoms with van der Waals surface area (Å²) in [6.07, 6.45) is 0.221. The van der Waals surface area contributed by atoms with Crippen LogP contribution in [0.1, 0.15) is 37.3 Å². The van der Waals surface area contributed by atoms with Crippen LogP contribution in [-0.4, -0.2) is 18.4 Å². The lowest BCUT2D eigenvalue weighted by molar-refractivity contribution is -0.124. The van der Waals surface area contributed by atoms with E-state index in [1.165, 1.54) is 0 Å². The van der Waals surface area contributed by atoms with Crippen LogP contribution in [-0.2, 0) is 15.0 Å². The van der Waals surface area contributed by atoms with E-state index in [9.17, 15) is 9.59 Å². The van der Waals surface area contributed by atoms with Crippen molar-refractivity contribution in [2.24, 2.45) is 11.8 Å². The Morgan fingerprint density at radius 3 is 2.54 bits per heavy atom. The van der Waals surface area contributed by atoms with Gasteiger partial charge in [0, 0.05) is 34.6 Å². The molecule has 1 saturated heterocycles. The van der Waals surface area contributed by atoms with E-state index < -0.39 is 5.41 Å². The predicted octanol–water partition coefficient (Wildman–Crippen LogP) is 4.76. The van der Waals surface area contributed by atoms with Crippen LogP contribution in [0.25, 0.3) is 0 Å². The molecular weight excluding hydrogens is 395 g/mol. The molecule has 6 heteroatoms. The molecular formula is C22H22Cl2N2O2. The van der Waals surface area contributed by atoms with Gasteiger partial charge in [0.2, 0.25) is 11.8 Å². The Balaban J connectivity index is 2.02. The Labute approximate surface area is 174 Å². The standard InChI is InChI=1S/C22H22Cl2N2O2/c1-12(2)18-11-25-20(27)10-17(13-4-3-5-14(23)8-13)22(18)16-7-6-15(24)9-19(16)26-21(22)28/h3-9,12,17-18H,10-11H2,1-2H3,(H,25,27)(H,26,28)/t17-,18?,22?/m1/s1. The van der Waals surface area contributed by atoms with Gasteiger partial charge in [-0.15, -0.1) is 0 Å². The van der Waals surface area contributed by atoms with Crippen molar-refractivity contribution >= 4 is 40.7 Å². The van der Waals surface area contributed by atoms with Gasteiger partial charge in [-0.3, -0.25) is 9.59 Å². The van der Waals surface area contributed by atoms with Gasteiger partial charge < -0.3 is 10.6 Å². The summed E-state index contributed by atoms with van der Waals surface area (Å²) in [7, 11) is 0. The van der Waals surface area contributed by atoms with E-state index in [1.807, 2.05) is 30.3 Å². The number of hydrogen-bond donors (Lipinski definition) is 2. The molecule has 2 aliphatic heterocycles. The Bertz CT molecular complexity index is 959. The van der Waals surface area contributed by atoms with Crippen molar-refractivity contribution in [1.29, 1.82) is 0 Å². The van der Waals surface area contributed by atoms with Crippen molar-refractivity contribution in [2.75, 3.05) is 11.9 Å². The number of anilines is 1. The summed E-state index contributed by atoms with van der Waals surface area (Å²) in [6.45, 7) is 4.64. The Morgan fingerprint density at radius 1 is 1.07 bits per heavy atom. The highest BCUT2D eigenvalue weighted by atomic mass is 35.5. The fourth-order valence-electron chi connectivity index (χ4n) is 4.97. The van der Waals surface area contributed by atoms with Gasteiger partial charge in [-0.05, 0) is 47.2 Å². The maximum atomic E-state index is 13.6. The zero-order chi connectivity index (χ0) is 20.1. The van der Waals surface area contributed by atoms with Crippen molar-refractivity contribution in [3.8, 4) is 0 Å². The van der Waals surface area contributed by atoms with Gasteiger partial charge in [0.25, 0.3) is 0 Å². The quantitative estimate of drug-likeness (QED) is 0.741. The monoisotopic (exact) mass is 416 g/mol. The summed E-state index contributed by atoms with van der Waals surface area (Å²) >= 11 is 12.5. The van der Waals surface area contributed by atoms with Crippen molar-refractivity contribution < 1.29 is 9.59 Å². The molecule has 2 heterocycles. The molecule has 0 saturated carbocycles. The first-order chi connectivity index (χ1) is 13.3. The molecule has 1 fully saturated rings. The lowest BCUT2D eigenvalue weighted by atomic mass is 9.58. The van der Waals surface area contributed by atoms with Crippen LogP contribution in [0.3, 0.4) is 0 Å². The molecule has 4 nitrogen and oxygen atoms in total. The second-order valence-electron chi connectivity index (χ2n) is 7.98. The second-order valence-corrected chi connectivity index (χ2v) is 8.85. The molecule has 2 aromatic carbocycles. The van der Waals surface area contributed by atoms with Crippen LogP contribution < -0.4 is 10.6 Å². The molecule has 2 unspecified atom stereocenters. The SMILES string of the molecule is CC(C)C1CNC(=O)C[C@H](c2cccc(Cl)c2)C12C(=O)Nc1cc(Cl)ccc12. The molecule has 2 amide bonds. The predicted molar refractivity (Wildman–Crippen MR) is 112 cm³/mol. The fraction of sp³-hybridized carbons (Fsp3) is 0.364. The molecule has 3 atom stereocenters. The van der Waals surface area contributed by atoms with Crippen LogP contribution in [0.5, 0.6) is 0 Å². The largest absolute Gasteiger partial charge is 0.356 e. The zero-order valence-corrected chi connectivity index (χ0v) is 17.3. The van der Waals surface area contributed by atoms with Crippen molar-refractivity contribution in [3.63, 3.8) is 0 Å². The minimum absolute atomic E-state index is 0.0530. The maximum absolute atomic E-state index is 13.6. The summed E-state index contributed by atoms with van der Waals surface area (Å²) < 4.78 is 0. The number of benzene rings is 2. The van der Waals surface area contributed by atoms with Gasteiger partial charge in [-0.25, -0.2) is 0 Å². The number of carbonyl (C=O) groups excluding carboxylic acids is 2. The summed E-state index contributed by atoms with van der Waals surface area (Å²) in [6, 6.07) is 13.0. The van der Waals surface area contributed by atoms with Crippen LogP contribution in [0, 0.1) is 11.8 Å². The average Bonchev–Trinajstić information content (AvgIpc) is 2.80. The first-order valence-corrected chi connectivity index (χ1v) is 10.2. The number of rotatable bonds is 2. The lowest BCUT2D eigenvalue weighted by Gasteiger charge is -2.42. The molecule has 0 aromatic heterocycles. The number of nitrogens with one attached hydrogen (secondary N) is 2. The highest BCUT2D eigenvalue weighted by Gasteiger charge is 2.59. The number of halogens is 2. The van der Waals surface area contributed by atoms with Gasteiger partial charge in [-0.2, -0.15) is 0 Å². The fourth-order valence-corrected chi connectivity index (χ4v) is 5.34. The minimum atomic E-state index is -0.877. The van der Waals surface area contributed by atoms with Gasteiger partial charge >= 0.3 is 0 Å². The van der Waals surface area contributed by atoms with Gasteiger partial charge in [0.15, 0.2) is 0 Å². The van der Waals surface area contributed by atoms with Crippen molar-refractivity contribution in [3.05, 3.63) is 63.6 Å². The van der Waals surface area contributed by atoms with E-state index >= 15 is 0 Å². The molecule has 4 rings (SSSR count). The molecule has 28 heavy (non-hydrogen) atoms. The Hall–Kier alpha value is -2.04. The highest BCUT2D eigenvalue weighted by Crippen LogP contribution is 2.56. The number of amides is 2. The Morgan fingerprint density at radius 2 is 1.82 bits per heavy atom. The molecule has 0 radical (unpaired) electrons. The molecule has 0 bridgehead atoms. The lowest BCUT2D eigenvalue weighted by Crippen LogP contribution is -2.50. The van der Waals surface area contributed by atoms with E-state index in [-0.39, 0.29) is 36.0 Å². The van der Waals surface area contributed by atoms with Crippen LogP contribution in [0.2, 0.25) is 10.0 Å². The zero-order valence-electron chi connectivity index (χ0n) is 15.8. The first kappa shape index (κ1) is 19.3. The molecule has 2 aliphatic rings. The smallest absolute Gasteiger partial charge is 0.236 e. The summed E-state index contributed by atoms with van der Waals surface area (Å²) in [5.41, 5.74) is 1.65. The normalized spacial score (nSPS) is 26.8. The first-order valence-electron chi connectivity index (χ1n) is 9.47. The molecule has 2 aromatic rings. The van der Waals surface area contributed by atoms with E-state index in [4.69, 9.17) is 23.2 Å². The number of fused-ring (bicyclic) bond motifs is 2. The third kappa shape index (κ3) is 2.90. The van der Waals surface area contributed by atoms with Crippen LogP contribution in [0.15, 0.2) is 42.5 Å². The molecule has 2 N–H and O–H groups in total. The second kappa shape index (κ2) is 7.09. The summed E-state index contributed by atoms with van der Waals surface area (Å²) in [5, 5.41) is 7.23. The van der Waals surface area contributed by atoms with Crippen LogP contribution >= 0.6 is 23.2 Å². The third-order valence-corrected chi connectivity index (χ3v) is 6.62. The van der Waals surface area contributed by atoms with Crippen molar-refractivity contribution in [2.45, 2.75) is 31.6 Å². The molecule has 0 aliphatic carbocycles. The van der Waals surface area contributed by atoms with E-state index in [0.717, 1.165) is 16.8 Å². The number of carbonyl (C=O) groups is 2. The summed E-state index contributed by atoms with van der Waals surface area (Å²) in [4.78, 5) is 26.3. The molecule has 146 valence electrons.